The minimum atomic E-state index is -8.36. The third-order valence-electron chi connectivity index (χ3n) is 5.13. The van der Waals surface area contributed by atoms with Gasteiger partial charge in [0, 0.05) is 0 Å². The summed E-state index contributed by atoms with van der Waals surface area (Å²) in [7, 11) is 0. The molecule has 300 valence electrons. The van der Waals surface area contributed by atoms with Crippen LogP contribution < -0.4 is 11.9 Å². The maximum atomic E-state index is 12.9. The summed E-state index contributed by atoms with van der Waals surface area (Å²) in [6.07, 6.45) is -15.3. The van der Waals surface area contributed by atoms with Crippen LogP contribution in [0.1, 0.15) is 0 Å². The lowest BCUT2D eigenvalue weighted by atomic mass is 9.91. The largest absolute Gasteiger partial charge is 0.460 e. The van der Waals surface area contributed by atoms with Crippen molar-refractivity contribution in [2.75, 3.05) is 0 Å². The number of nitrogens with two attached hydrogens (primary N) is 1. The van der Waals surface area contributed by atoms with Crippen molar-refractivity contribution < 1.29 is 132 Å². The lowest BCUT2D eigenvalue weighted by Crippen LogP contribution is -2.73. The molecule has 50 heavy (non-hydrogen) atoms. The zero-order valence-electron chi connectivity index (χ0n) is 21.6. The van der Waals surface area contributed by atoms with E-state index in [1.807, 2.05) is 0 Å². The normalized spacial score (nSPS) is 15.8. The Bertz CT molecular complexity index is 1250. The minimum Gasteiger partial charge on any atom is -0.382 e. The molecule has 0 bridgehead atoms. The predicted molar refractivity (Wildman–Crippen MR) is 94.0 cm³/mol. The van der Waals surface area contributed by atoms with Crippen LogP contribution in [0.3, 0.4) is 0 Å². The Labute approximate surface area is 251 Å². The molecule has 0 amide bonds. The van der Waals surface area contributed by atoms with Gasteiger partial charge in [-0.05, 0) is 0 Å². The van der Waals surface area contributed by atoms with Crippen LogP contribution in [0, 0.1) is 16.7 Å². The van der Waals surface area contributed by atoms with E-state index in [-0.39, 0.29) is 6.15 Å². The summed E-state index contributed by atoms with van der Waals surface area (Å²) < 4.78 is 374. The number of amidine groups is 1. The van der Waals surface area contributed by atoms with Crippen LogP contribution in [0.2, 0.25) is 0 Å². The standard InChI is InChI=1S/C8H3F15N2.C8F15N.H3N/c9-2(10,1(24)25)3(11,12)4(13,14)5(15,16)6(17,18)7(19,20)8(21,22)23;9-2(10,1-24)3(11,12)4(13,14)5(15,16)6(17,18)7(19,20)8(21,22)23;/h(H3,24,25);;1H3. The summed E-state index contributed by atoms with van der Waals surface area (Å²) in [4.78, 5) is 0. The molecule has 0 aromatic rings. The second-order valence-electron chi connectivity index (χ2n) is 8.41. The molecule has 34 heteroatoms. The average molecular weight is 824 g/mol. The molecule has 6 N–H and O–H groups in total. The maximum Gasteiger partial charge on any atom is 0.460 e. The lowest BCUT2D eigenvalue weighted by molar-refractivity contribution is -0.449. The predicted octanol–water partition coefficient (Wildman–Crippen LogP) is 9.34. The summed E-state index contributed by atoms with van der Waals surface area (Å²) in [6.45, 7) is 0. The van der Waals surface area contributed by atoms with Gasteiger partial charge in [0.05, 0.1) is 0 Å². The van der Waals surface area contributed by atoms with Gasteiger partial charge in [-0.25, -0.2) is 0 Å². The van der Waals surface area contributed by atoms with Crippen LogP contribution in [0.5, 0.6) is 0 Å². The zero-order valence-corrected chi connectivity index (χ0v) is 21.6. The fourth-order valence-electron chi connectivity index (χ4n) is 2.17. The van der Waals surface area contributed by atoms with Gasteiger partial charge in [0.2, 0.25) is 0 Å². The highest BCUT2D eigenvalue weighted by molar-refractivity contribution is 5.85. The first-order valence-electron chi connectivity index (χ1n) is 9.93. The van der Waals surface area contributed by atoms with Gasteiger partial charge in [0.25, 0.3) is 0 Å². The third kappa shape index (κ3) is 6.64. The molecule has 0 aromatic heterocycles. The molecule has 0 saturated carbocycles. The molecule has 4 nitrogen and oxygen atoms in total. The monoisotopic (exact) mass is 824 g/mol. The van der Waals surface area contributed by atoms with E-state index in [0.29, 0.717) is 0 Å². The number of halogens is 30. The molecule has 0 saturated heterocycles. The SMILES string of the molecule is N.N#CC(F)(F)C(F)(F)C(F)(F)C(F)(F)C(F)(F)C(F)(F)C(F)(F)F.N=C(N)C(F)(F)C(F)(F)C(F)(F)C(F)(F)C(F)(F)C(F)(F)C(F)(F)F. The number of hydrogen-bond acceptors (Lipinski definition) is 3. The van der Waals surface area contributed by atoms with E-state index in [2.05, 4.69) is 5.73 Å². The molecule has 0 spiro atoms. The Kier molecular flexibility index (Phi) is 13.1. The van der Waals surface area contributed by atoms with E-state index in [4.69, 9.17) is 10.7 Å². The minimum absolute atomic E-state index is 0. The van der Waals surface area contributed by atoms with Crippen LogP contribution >= 0.6 is 0 Å². The van der Waals surface area contributed by atoms with Gasteiger partial charge in [-0.1, -0.05) is 0 Å². The molecule has 0 fully saturated rings. The first kappa shape index (κ1) is 51.2. The topological polar surface area (TPSA) is 109 Å². The van der Waals surface area contributed by atoms with E-state index in [1.54, 1.807) is 0 Å². The second-order valence-corrected chi connectivity index (χ2v) is 8.41. The van der Waals surface area contributed by atoms with Crippen molar-refractivity contribution >= 4 is 5.84 Å². The molecular weight excluding hydrogens is 818 g/mol. The zero-order chi connectivity index (χ0) is 41.3. The van der Waals surface area contributed by atoms with Crippen molar-refractivity contribution in [2.24, 2.45) is 5.73 Å². The molecular formula is C16H6F30N4. The van der Waals surface area contributed by atoms with Gasteiger partial charge in [-0.3, -0.25) is 5.41 Å². The third-order valence-corrected chi connectivity index (χ3v) is 5.13. The van der Waals surface area contributed by atoms with E-state index < -0.39 is 95.3 Å². The van der Waals surface area contributed by atoms with E-state index >= 15 is 0 Å². The Morgan fingerprint density at radius 3 is 0.720 bits per heavy atom. The Morgan fingerprint density at radius 2 is 0.540 bits per heavy atom. The molecule has 0 aliphatic heterocycles. The van der Waals surface area contributed by atoms with Crippen LogP contribution in [-0.4, -0.2) is 89.3 Å². The summed E-state index contributed by atoms with van der Waals surface area (Å²) in [5.41, 5.74) is 3.72. The van der Waals surface area contributed by atoms with Crippen LogP contribution in [0.25, 0.3) is 0 Å². The average Bonchev–Trinajstić information content (AvgIpc) is 2.86. The molecule has 0 unspecified atom stereocenters. The smallest absolute Gasteiger partial charge is 0.382 e. The Hall–Kier alpha value is -3.18. The lowest BCUT2D eigenvalue weighted by Gasteiger charge is -2.41. The Morgan fingerprint density at radius 1 is 0.360 bits per heavy atom. The van der Waals surface area contributed by atoms with Crippen molar-refractivity contribution in [3.8, 4) is 6.07 Å². The van der Waals surface area contributed by atoms with Crippen molar-refractivity contribution in [3.63, 3.8) is 0 Å². The van der Waals surface area contributed by atoms with Gasteiger partial charge in [0.1, 0.15) is 6.07 Å². The van der Waals surface area contributed by atoms with Gasteiger partial charge < -0.3 is 11.9 Å². The summed E-state index contributed by atoms with van der Waals surface area (Å²) in [6, 6.07) is -0.971. The highest BCUT2D eigenvalue weighted by atomic mass is 19.4. The maximum absolute atomic E-state index is 12.9. The summed E-state index contributed by atoms with van der Waals surface area (Å²) in [5, 5.41) is 13.3. The number of nitrogens with one attached hydrogen (secondary N) is 1. The highest BCUT2D eigenvalue weighted by Gasteiger charge is 2.95. The van der Waals surface area contributed by atoms with Gasteiger partial charge in [-0.2, -0.15) is 137 Å². The fraction of sp³-hybridized carbons (Fsp3) is 0.875. The number of rotatable bonds is 11. The number of nitriles is 1. The number of hydrogen-bond donors (Lipinski definition) is 3. The molecule has 0 aliphatic rings. The first-order valence-corrected chi connectivity index (χ1v) is 9.93. The molecule has 0 rings (SSSR count). The quantitative estimate of drug-likeness (QED) is 0.110. The second kappa shape index (κ2) is 12.8. The van der Waals surface area contributed by atoms with Crippen LogP contribution in [0.4, 0.5) is 132 Å². The summed E-state index contributed by atoms with van der Waals surface area (Å²) >= 11 is 0. The molecule has 0 aromatic carbocycles. The molecule has 0 heterocycles. The van der Waals surface area contributed by atoms with Gasteiger partial charge in [0.15, 0.2) is 5.84 Å². The van der Waals surface area contributed by atoms with Crippen molar-refractivity contribution in [1.82, 2.24) is 6.15 Å². The number of alkyl halides is 30. The molecule has 0 radical (unpaired) electrons. The van der Waals surface area contributed by atoms with E-state index in [0.717, 1.165) is 0 Å². The summed E-state index contributed by atoms with van der Waals surface area (Å²) in [5.74, 6) is -98.1. The first-order chi connectivity index (χ1) is 20.5. The van der Waals surface area contributed by atoms with E-state index in [9.17, 15) is 132 Å². The van der Waals surface area contributed by atoms with E-state index in [1.165, 1.54) is 0 Å². The molecule has 0 atom stereocenters. The number of nitrogens with zero attached hydrogens (tertiary/aromatic N) is 1. The van der Waals surface area contributed by atoms with Crippen LogP contribution in [0.15, 0.2) is 0 Å². The fourth-order valence-corrected chi connectivity index (χ4v) is 2.17. The van der Waals surface area contributed by atoms with Crippen LogP contribution in [-0.2, 0) is 0 Å². The Balaban J connectivity index is -0.000000867. The van der Waals surface area contributed by atoms with Gasteiger partial charge >= 0.3 is 83.4 Å². The highest BCUT2D eigenvalue weighted by Crippen LogP contribution is 2.64. The molecule has 0 aliphatic carbocycles. The van der Waals surface area contributed by atoms with Crippen molar-refractivity contribution in [3.05, 3.63) is 0 Å². The van der Waals surface area contributed by atoms with Crippen molar-refractivity contribution in [1.29, 1.82) is 10.7 Å². The van der Waals surface area contributed by atoms with Gasteiger partial charge in [-0.15, -0.1) is 0 Å². The van der Waals surface area contributed by atoms with Crippen molar-refractivity contribution in [2.45, 2.75) is 83.4 Å².